The molecule has 1 amide bonds. The van der Waals surface area contributed by atoms with E-state index in [1.807, 2.05) is 20.8 Å². The maximum absolute atomic E-state index is 12.2. The summed E-state index contributed by atoms with van der Waals surface area (Å²) >= 11 is 1.75. The number of amides is 1. The molecule has 2 aromatic rings. The van der Waals surface area contributed by atoms with Crippen molar-refractivity contribution in [1.29, 1.82) is 0 Å². The average Bonchev–Trinajstić information content (AvgIpc) is 3.08. The van der Waals surface area contributed by atoms with E-state index in [0.717, 1.165) is 13.1 Å². The number of piperazine rings is 1. The van der Waals surface area contributed by atoms with Crippen LogP contribution in [-0.2, 0) is 4.74 Å². The molecule has 1 aromatic heterocycles. The van der Waals surface area contributed by atoms with Gasteiger partial charge in [0.25, 0.3) is 0 Å². The van der Waals surface area contributed by atoms with E-state index < -0.39 is 5.60 Å². The summed E-state index contributed by atoms with van der Waals surface area (Å²) in [6.45, 7) is 8.74. The molecule has 0 saturated carbocycles. The van der Waals surface area contributed by atoms with Crippen LogP contribution in [0.2, 0.25) is 0 Å². The van der Waals surface area contributed by atoms with Crippen LogP contribution in [0, 0.1) is 0 Å². The molecule has 0 spiro atoms. The van der Waals surface area contributed by atoms with Gasteiger partial charge in [0, 0.05) is 36.7 Å². The number of hydrogen-bond donors (Lipinski definition) is 0. The number of anilines is 1. The molecule has 0 unspecified atom stereocenters. The highest BCUT2D eigenvalue weighted by Crippen LogP contribution is 2.28. The van der Waals surface area contributed by atoms with Crippen LogP contribution in [0.1, 0.15) is 20.8 Å². The van der Waals surface area contributed by atoms with Gasteiger partial charge < -0.3 is 14.5 Å². The Balaban J connectivity index is 1.63. The van der Waals surface area contributed by atoms with E-state index in [4.69, 9.17) is 4.74 Å². The van der Waals surface area contributed by atoms with Crippen molar-refractivity contribution in [3.05, 3.63) is 41.8 Å². The van der Waals surface area contributed by atoms with E-state index in [1.54, 1.807) is 16.2 Å². The van der Waals surface area contributed by atoms with Crippen LogP contribution in [0.3, 0.4) is 0 Å². The van der Waals surface area contributed by atoms with Gasteiger partial charge in [-0.3, -0.25) is 0 Å². The fraction of sp³-hybridized carbons (Fsp3) is 0.421. The molecule has 0 bridgehead atoms. The summed E-state index contributed by atoms with van der Waals surface area (Å²) in [6.07, 6.45) is -0.213. The Morgan fingerprint density at radius 1 is 1.08 bits per heavy atom. The topological polar surface area (TPSA) is 32.8 Å². The van der Waals surface area contributed by atoms with E-state index in [1.165, 1.54) is 16.1 Å². The summed E-state index contributed by atoms with van der Waals surface area (Å²) in [5.41, 5.74) is 2.02. The van der Waals surface area contributed by atoms with Gasteiger partial charge in [0.1, 0.15) is 5.60 Å². The first-order valence-electron chi connectivity index (χ1n) is 8.29. The molecule has 1 saturated heterocycles. The maximum Gasteiger partial charge on any atom is 0.410 e. The van der Waals surface area contributed by atoms with Crippen molar-refractivity contribution in [1.82, 2.24) is 4.90 Å². The number of rotatable bonds is 2. The largest absolute Gasteiger partial charge is 0.444 e. The summed E-state index contributed by atoms with van der Waals surface area (Å²) in [5.74, 6) is 0. The van der Waals surface area contributed by atoms with Crippen LogP contribution >= 0.6 is 11.3 Å². The third kappa shape index (κ3) is 4.09. The van der Waals surface area contributed by atoms with Crippen molar-refractivity contribution in [2.24, 2.45) is 0 Å². The van der Waals surface area contributed by atoms with Gasteiger partial charge in [0.05, 0.1) is 0 Å². The van der Waals surface area contributed by atoms with E-state index >= 15 is 0 Å². The highest BCUT2D eigenvalue weighted by atomic mass is 32.1. The molecular formula is C19H24N2O2S. The predicted molar refractivity (Wildman–Crippen MR) is 99.8 cm³/mol. The van der Waals surface area contributed by atoms with Gasteiger partial charge in [0.15, 0.2) is 0 Å². The molecule has 0 aliphatic carbocycles. The first kappa shape index (κ1) is 16.8. The molecule has 1 aliphatic rings. The van der Waals surface area contributed by atoms with E-state index in [9.17, 15) is 4.79 Å². The van der Waals surface area contributed by atoms with Gasteiger partial charge in [-0.2, -0.15) is 0 Å². The fourth-order valence-electron chi connectivity index (χ4n) is 2.77. The molecule has 0 N–H and O–H groups in total. The Hall–Kier alpha value is -2.01. The second-order valence-electron chi connectivity index (χ2n) is 6.98. The lowest BCUT2D eigenvalue weighted by Gasteiger charge is -2.36. The number of nitrogens with zero attached hydrogens (tertiary/aromatic N) is 2. The first-order chi connectivity index (χ1) is 11.4. The van der Waals surface area contributed by atoms with Gasteiger partial charge in [-0.05, 0) is 49.9 Å². The Morgan fingerprint density at radius 2 is 1.83 bits per heavy atom. The quantitative estimate of drug-likeness (QED) is 0.806. The number of carbonyl (C=O) groups excluding carboxylic acids is 1. The second kappa shape index (κ2) is 6.85. The summed E-state index contributed by atoms with van der Waals surface area (Å²) in [5, 5.41) is 2.10. The van der Waals surface area contributed by atoms with Crippen molar-refractivity contribution in [3.63, 3.8) is 0 Å². The molecule has 2 heterocycles. The molecular weight excluding hydrogens is 320 g/mol. The Bertz CT molecular complexity index is 684. The van der Waals surface area contributed by atoms with E-state index in [2.05, 4.69) is 46.7 Å². The smallest absolute Gasteiger partial charge is 0.410 e. The Kier molecular flexibility index (Phi) is 4.81. The van der Waals surface area contributed by atoms with E-state index in [-0.39, 0.29) is 6.09 Å². The molecule has 24 heavy (non-hydrogen) atoms. The first-order valence-corrected chi connectivity index (χ1v) is 9.17. The predicted octanol–water partition coefficient (Wildman–Crippen LogP) is 4.47. The third-order valence-electron chi connectivity index (χ3n) is 3.95. The SMILES string of the molecule is CC(C)(C)OC(=O)N1CCN(c2cccc(-c3cccs3)c2)CC1. The molecule has 1 fully saturated rings. The molecule has 1 aliphatic heterocycles. The molecule has 5 heteroatoms. The number of carbonyl (C=O) groups is 1. The summed E-state index contributed by atoms with van der Waals surface area (Å²) in [4.78, 5) is 17.6. The monoisotopic (exact) mass is 344 g/mol. The molecule has 1 aromatic carbocycles. The number of thiophene rings is 1. The fourth-order valence-corrected chi connectivity index (χ4v) is 3.50. The molecule has 0 radical (unpaired) electrons. The van der Waals surface area contributed by atoms with E-state index in [0.29, 0.717) is 13.1 Å². The minimum absolute atomic E-state index is 0.213. The minimum Gasteiger partial charge on any atom is -0.444 e. The third-order valence-corrected chi connectivity index (χ3v) is 4.87. The van der Waals surface area contributed by atoms with Crippen LogP contribution in [0.5, 0.6) is 0 Å². The lowest BCUT2D eigenvalue weighted by Crippen LogP contribution is -2.50. The van der Waals surface area contributed by atoms with Gasteiger partial charge in [-0.1, -0.05) is 18.2 Å². The number of hydrogen-bond acceptors (Lipinski definition) is 4. The van der Waals surface area contributed by atoms with Crippen molar-refractivity contribution in [2.45, 2.75) is 26.4 Å². The zero-order valence-electron chi connectivity index (χ0n) is 14.5. The number of ether oxygens (including phenoxy) is 1. The summed E-state index contributed by atoms with van der Waals surface area (Å²) in [7, 11) is 0. The van der Waals surface area contributed by atoms with Crippen molar-refractivity contribution in [2.75, 3.05) is 31.1 Å². The summed E-state index contributed by atoms with van der Waals surface area (Å²) in [6, 6.07) is 12.8. The van der Waals surface area contributed by atoms with Crippen molar-refractivity contribution in [3.8, 4) is 10.4 Å². The summed E-state index contributed by atoms with van der Waals surface area (Å²) < 4.78 is 5.46. The molecule has 0 atom stereocenters. The van der Waals surface area contributed by atoms with Crippen LogP contribution in [0.4, 0.5) is 10.5 Å². The van der Waals surface area contributed by atoms with Crippen LogP contribution in [0.25, 0.3) is 10.4 Å². The Labute approximate surface area is 147 Å². The second-order valence-corrected chi connectivity index (χ2v) is 7.93. The Morgan fingerprint density at radius 3 is 2.46 bits per heavy atom. The van der Waals surface area contributed by atoms with Gasteiger partial charge >= 0.3 is 6.09 Å². The van der Waals surface area contributed by atoms with Gasteiger partial charge in [0.2, 0.25) is 0 Å². The van der Waals surface area contributed by atoms with Gasteiger partial charge in [-0.15, -0.1) is 11.3 Å². The zero-order valence-corrected chi connectivity index (χ0v) is 15.3. The minimum atomic E-state index is -0.441. The standard InChI is InChI=1S/C19H24N2O2S/c1-19(2,3)23-18(22)21-11-9-20(10-12-21)16-7-4-6-15(14-16)17-8-5-13-24-17/h4-8,13-14H,9-12H2,1-3H3. The lowest BCUT2D eigenvalue weighted by molar-refractivity contribution is 0.0240. The van der Waals surface area contributed by atoms with Gasteiger partial charge in [-0.25, -0.2) is 4.79 Å². The van der Waals surface area contributed by atoms with Crippen LogP contribution < -0.4 is 4.90 Å². The molecule has 3 rings (SSSR count). The number of benzene rings is 1. The highest BCUT2D eigenvalue weighted by Gasteiger charge is 2.26. The lowest BCUT2D eigenvalue weighted by atomic mass is 10.1. The maximum atomic E-state index is 12.2. The van der Waals surface area contributed by atoms with Crippen LogP contribution in [-0.4, -0.2) is 42.8 Å². The normalized spacial score (nSPS) is 15.5. The van der Waals surface area contributed by atoms with Crippen molar-refractivity contribution < 1.29 is 9.53 Å². The highest BCUT2D eigenvalue weighted by molar-refractivity contribution is 7.13. The van der Waals surface area contributed by atoms with Crippen LogP contribution in [0.15, 0.2) is 41.8 Å². The molecule has 4 nitrogen and oxygen atoms in total. The average molecular weight is 344 g/mol. The van der Waals surface area contributed by atoms with Crippen molar-refractivity contribution >= 4 is 23.1 Å². The zero-order chi connectivity index (χ0) is 17.2. The molecule has 128 valence electrons.